The summed E-state index contributed by atoms with van der Waals surface area (Å²) in [4.78, 5) is 0. The highest BCUT2D eigenvalue weighted by Gasteiger charge is 1.97. The van der Waals surface area contributed by atoms with Crippen LogP contribution >= 0.6 is 0 Å². The van der Waals surface area contributed by atoms with Crippen molar-refractivity contribution in [3.63, 3.8) is 0 Å². The summed E-state index contributed by atoms with van der Waals surface area (Å²) in [6.07, 6.45) is 7.93. The molecule has 1 aromatic rings. The lowest BCUT2D eigenvalue weighted by molar-refractivity contribution is 1.43. The van der Waals surface area contributed by atoms with E-state index in [0.717, 1.165) is 11.1 Å². The summed E-state index contributed by atoms with van der Waals surface area (Å²) in [5.41, 5.74) is 4.52. The second-order valence-electron chi connectivity index (χ2n) is 3.69. The molecule has 0 saturated heterocycles. The van der Waals surface area contributed by atoms with E-state index in [1.807, 2.05) is 65.0 Å². The van der Waals surface area contributed by atoms with E-state index in [4.69, 9.17) is 0 Å². The summed E-state index contributed by atoms with van der Waals surface area (Å²) < 4.78 is 0. The first-order valence-electron chi connectivity index (χ1n) is 7.40. The smallest absolute Gasteiger partial charge is 0.0190 e. The molecular weight excluding hydrogens is 240 g/mol. The zero-order valence-electron chi connectivity index (χ0n) is 14.0. The van der Waals surface area contributed by atoms with Gasteiger partial charge in [0, 0.05) is 0 Å². The molecule has 0 aliphatic heterocycles. The number of aryl methyl sites for hydroxylation is 1. The Labute approximate surface area is 126 Å². The first kappa shape index (κ1) is 20.5. The van der Waals surface area contributed by atoms with Crippen LogP contribution in [0.15, 0.2) is 66.8 Å². The maximum Gasteiger partial charge on any atom is -0.0190 e. The van der Waals surface area contributed by atoms with Crippen LogP contribution in [0.4, 0.5) is 0 Å². The van der Waals surface area contributed by atoms with Gasteiger partial charge in [0.25, 0.3) is 0 Å². The third-order valence-electron chi connectivity index (χ3n) is 2.46. The number of hydrogen-bond acceptors (Lipinski definition) is 0. The fraction of sp³-hybridized carbons (Fsp3) is 0.300. The van der Waals surface area contributed by atoms with E-state index in [2.05, 4.69) is 38.3 Å². The number of hydrogen-bond donors (Lipinski definition) is 0. The van der Waals surface area contributed by atoms with Gasteiger partial charge in [-0.2, -0.15) is 0 Å². The van der Waals surface area contributed by atoms with Crippen molar-refractivity contribution in [3.05, 3.63) is 77.9 Å². The minimum absolute atomic E-state index is 0.987. The van der Waals surface area contributed by atoms with Crippen LogP contribution in [-0.4, -0.2) is 0 Å². The Kier molecular flexibility index (Phi) is 13.9. The van der Waals surface area contributed by atoms with Crippen LogP contribution in [-0.2, 0) is 0 Å². The molecule has 0 atom stereocenters. The van der Waals surface area contributed by atoms with Crippen molar-refractivity contribution in [1.82, 2.24) is 0 Å². The van der Waals surface area contributed by atoms with Crippen molar-refractivity contribution < 1.29 is 0 Å². The van der Waals surface area contributed by atoms with Crippen LogP contribution in [0.25, 0.3) is 6.08 Å². The Morgan fingerprint density at radius 3 is 2.05 bits per heavy atom. The summed E-state index contributed by atoms with van der Waals surface area (Å²) in [5.74, 6) is 0. The minimum Gasteiger partial charge on any atom is -0.0984 e. The summed E-state index contributed by atoms with van der Waals surface area (Å²) >= 11 is 0. The number of allylic oxidation sites excluding steroid dienone is 5. The fourth-order valence-electron chi connectivity index (χ4n) is 1.50. The highest BCUT2D eigenvalue weighted by molar-refractivity contribution is 5.65. The molecule has 0 aliphatic rings. The van der Waals surface area contributed by atoms with Crippen molar-refractivity contribution in [2.75, 3.05) is 0 Å². The van der Waals surface area contributed by atoms with Crippen LogP contribution in [0.5, 0.6) is 0 Å². The summed E-state index contributed by atoms with van der Waals surface area (Å²) in [6, 6.07) is 8.28. The summed E-state index contributed by atoms with van der Waals surface area (Å²) in [7, 11) is 0. The molecule has 0 amide bonds. The van der Waals surface area contributed by atoms with Gasteiger partial charge in [-0.15, -0.1) is 0 Å². The van der Waals surface area contributed by atoms with Crippen LogP contribution in [0.2, 0.25) is 0 Å². The molecule has 1 rings (SSSR count). The van der Waals surface area contributed by atoms with Crippen LogP contribution < -0.4 is 0 Å². The second-order valence-corrected chi connectivity index (χ2v) is 3.69. The van der Waals surface area contributed by atoms with E-state index in [1.54, 1.807) is 0 Å². The van der Waals surface area contributed by atoms with Gasteiger partial charge in [-0.25, -0.2) is 0 Å². The van der Waals surface area contributed by atoms with E-state index in [1.165, 1.54) is 11.1 Å². The summed E-state index contributed by atoms with van der Waals surface area (Å²) in [6.45, 7) is 19.9. The van der Waals surface area contributed by atoms with E-state index in [0.29, 0.717) is 0 Å². The van der Waals surface area contributed by atoms with E-state index < -0.39 is 0 Å². The van der Waals surface area contributed by atoms with Gasteiger partial charge in [0.1, 0.15) is 0 Å². The Hall–Kier alpha value is -1.82. The molecule has 0 saturated carbocycles. The van der Waals surface area contributed by atoms with Crippen molar-refractivity contribution >= 4 is 6.08 Å². The molecule has 110 valence electrons. The van der Waals surface area contributed by atoms with Crippen LogP contribution in [0.3, 0.4) is 0 Å². The molecule has 0 fully saturated rings. The van der Waals surface area contributed by atoms with Gasteiger partial charge in [0.15, 0.2) is 0 Å². The Morgan fingerprint density at radius 2 is 1.60 bits per heavy atom. The molecule has 0 radical (unpaired) electrons. The lowest BCUT2D eigenvalue weighted by atomic mass is 10.0. The van der Waals surface area contributed by atoms with Crippen LogP contribution in [0.1, 0.15) is 45.7 Å². The third-order valence-corrected chi connectivity index (χ3v) is 2.46. The monoisotopic (exact) mass is 270 g/mol. The molecular formula is C20H30. The van der Waals surface area contributed by atoms with E-state index in [-0.39, 0.29) is 0 Å². The molecule has 0 bridgehead atoms. The van der Waals surface area contributed by atoms with Crippen LogP contribution in [0, 0.1) is 6.92 Å². The fourth-order valence-corrected chi connectivity index (χ4v) is 1.50. The Balaban J connectivity index is 0. The Bertz CT molecular complexity index is 445. The molecule has 1 aromatic carbocycles. The molecule has 0 N–H and O–H groups in total. The van der Waals surface area contributed by atoms with Gasteiger partial charge in [-0.3, -0.25) is 0 Å². The maximum absolute atomic E-state index is 4.02. The quantitative estimate of drug-likeness (QED) is 0.531. The zero-order valence-corrected chi connectivity index (χ0v) is 14.0. The number of rotatable bonds is 4. The van der Waals surface area contributed by atoms with Gasteiger partial charge in [-0.1, -0.05) is 83.3 Å². The molecule has 20 heavy (non-hydrogen) atoms. The van der Waals surface area contributed by atoms with Crippen molar-refractivity contribution in [1.29, 1.82) is 0 Å². The predicted molar refractivity (Wildman–Crippen MR) is 96.0 cm³/mol. The molecule has 0 heterocycles. The van der Waals surface area contributed by atoms with Gasteiger partial charge in [-0.05, 0) is 42.2 Å². The highest BCUT2D eigenvalue weighted by atomic mass is 14.0. The predicted octanol–water partition coefficient (Wildman–Crippen LogP) is 6.75. The SMILES string of the molecule is C=C/C(=C/c1ccccc1C)C(=C)/C=C\C.CC.CC. The lowest BCUT2D eigenvalue weighted by Gasteiger charge is -2.04. The minimum atomic E-state index is 0.987. The van der Waals surface area contributed by atoms with Gasteiger partial charge < -0.3 is 0 Å². The molecule has 0 heteroatoms. The Morgan fingerprint density at radius 1 is 1.05 bits per heavy atom. The summed E-state index contributed by atoms with van der Waals surface area (Å²) in [5, 5.41) is 0. The van der Waals surface area contributed by atoms with Crippen molar-refractivity contribution in [3.8, 4) is 0 Å². The standard InChI is InChI=1S/C16H18.2C2H6/c1-5-9-13(3)15(6-2)12-16-11-8-7-10-14(16)4;2*1-2/h5-12H,2-3H2,1,4H3;2*1-2H3/b9-5-,15-12-;;. The zero-order chi connectivity index (χ0) is 16.0. The first-order chi connectivity index (χ1) is 9.69. The highest BCUT2D eigenvalue weighted by Crippen LogP contribution is 2.17. The molecule has 0 unspecified atom stereocenters. The lowest BCUT2D eigenvalue weighted by Crippen LogP contribution is -1.84. The van der Waals surface area contributed by atoms with Gasteiger partial charge in [0.05, 0.1) is 0 Å². The van der Waals surface area contributed by atoms with Crippen molar-refractivity contribution in [2.45, 2.75) is 41.5 Å². The molecule has 0 spiro atoms. The average Bonchev–Trinajstić information content (AvgIpc) is 2.50. The largest absolute Gasteiger partial charge is 0.0984 e. The van der Waals surface area contributed by atoms with Gasteiger partial charge >= 0.3 is 0 Å². The normalized spacial score (nSPS) is 10.0. The molecule has 0 aliphatic carbocycles. The first-order valence-corrected chi connectivity index (χ1v) is 7.40. The third kappa shape index (κ3) is 7.58. The average molecular weight is 270 g/mol. The molecule has 0 nitrogen and oxygen atoms in total. The van der Waals surface area contributed by atoms with E-state index in [9.17, 15) is 0 Å². The van der Waals surface area contributed by atoms with Gasteiger partial charge in [0.2, 0.25) is 0 Å². The van der Waals surface area contributed by atoms with Crippen molar-refractivity contribution in [2.24, 2.45) is 0 Å². The maximum atomic E-state index is 4.02. The second kappa shape index (κ2) is 13.6. The van der Waals surface area contributed by atoms with E-state index >= 15 is 0 Å². The molecule has 0 aromatic heterocycles. The topological polar surface area (TPSA) is 0 Å². The number of benzene rings is 1.